The predicted molar refractivity (Wildman–Crippen MR) is 167 cm³/mol. The second-order valence-corrected chi connectivity index (χ2v) is 14.0. The van der Waals surface area contributed by atoms with E-state index in [2.05, 4.69) is 20.1 Å². The fourth-order valence-corrected chi connectivity index (χ4v) is 10.0. The van der Waals surface area contributed by atoms with Crippen LogP contribution in [0.1, 0.15) is 47.0 Å². The van der Waals surface area contributed by atoms with Gasteiger partial charge in [0.25, 0.3) is 5.91 Å². The lowest BCUT2D eigenvalue weighted by Gasteiger charge is -2.42. The van der Waals surface area contributed by atoms with E-state index in [-0.39, 0.29) is 48.0 Å². The fourth-order valence-electron chi connectivity index (χ4n) is 7.42. The zero-order chi connectivity index (χ0) is 30.1. The molecule has 3 amide bonds. The van der Waals surface area contributed by atoms with Crippen molar-refractivity contribution in [2.24, 2.45) is 23.7 Å². The van der Waals surface area contributed by atoms with Crippen LogP contribution in [0.25, 0.3) is 0 Å². The number of hydrogen-bond donors (Lipinski definition) is 1. The maximum Gasteiger partial charge on any atom is 0.251 e. The highest BCUT2D eigenvalue weighted by Gasteiger charge is 2.77. The average Bonchev–Trinajstić information content (AvgIpc) is 3.53. The molecule has 7 nitrogen and oxygen atoms in total. The zero-order valence-corrected chi connectivity index (χ0v) is 26.2. The molecule has 3 saturated heterocycles. The number of para-hydroxylation sites is 1. The summed E-state index contributed by atoms with van der Waals surface area (Å²) >= 11 is 8.24. The van der Waals surface area contributed by atoms with Crippen LogP contribution in [0.4, 0.5) is 5.69 Å². The number of aliphatic hydroxyl groups is 1. The van der Waals surface area contributed by atoms with Crippen molar-refractivity contribution < 1.29 is 19.5 Å². The molecule has 1 N–H and O–H groups in total. The molecule has 3 unspecified atom stereocenters. The van der Waals surface area contributed by atoms with Crippen LogP contribution in [0.15, 0.2) is 49.6 Å². The third-order valence-electron chi connectivity index (χ3n) is 8.93. The van der Waals surface area contributed by atoms with Gasteiger partial charge in [0, 0.05) is 24.9 Å². The van der Waals surface area contributed by atoms with Gasteiger partial charge in [0.2, 0.25) is 11.8 Å². The number of rotatable bonds is 13. The van der Waals surface area contributed by atoms with E-state index in [1.807, 2.05) is 32.9 Å². The van der Waals surface area contributed by atoms with Gasteiger partial charge in [0.05, 0.1) is 39.9 Å². The van der Waals surface area contributed by atoms with Gasteiger partial charge >= 0.3 is 0 Å². The average molecular weight is 602 g/mol. The van der Waals surface area contributed by atoms with Crippen LogP contribution in [0.3, 0.4) is 0 Å². The Kier molecular flexibility index (Phi) is 9.97. The lowest BCUT2D eigenvalue weighted by Crippen LogP contribution is -2.59. The Morgan fingerprint density at radius 1 is 1.22 bits per heavy atom. The molecule has 1 spiro atoms. The van der Waals surface area contributed by atoms with E-state index in [1.165, 1.54) is 0 Å². The summed E-state index contributed by atoms with van der Waals surface area (Å²) < 4.78 is -0.795. The molecule has 1 aromatic rings. The summed E-state index contributed by atoms with van der Waals surface area (Å²) in [4.78, 5) is 48.7. The van der Waals surface area contributed by atoms with Crippen LogP contribution < -0.4 is 4.90 Å². The van der Waals surface area contributed by atoms with E-state index in [9.17, 15) is 19.5 Å². The van der Waals surface area contributed by atoms with Gasteiger partial charge in [-0.15, -0.1) is 24.9 Å². The number of halogens is 1. The van der Waals surface area contributed by atoms with Gasteiger partial charge in [-0.1, -0.05) is 63.6 Å². The summed E-state index contributed by atoms with van der Waals surface area (Å²) in [6.07, 6.45) is 5.47. The number of amides is 3. The molecule has 3 aliphatic rings. The SMILES string of the molecule is C=CCN(CCC)C(=O)[C@@H]1[C@@H]2CC(C)C3(S2)C(C(=O)N(CC=C)c2ccccc2Cl)N([C@@H](CO)CC(C)C)C(=O)[C@H]13. The quantitative estimate of drug-likeness (QED) is 0.321. The van der Waals surface area contributed by atoms with E-state index in [4.69, 9.17) is 11.6 Å². The van der Waals surface area contributed by atoms with Gasteiger partial charge in [0.1, 0.15) is 6.04 Å². The molecule has 9 heteroatoms. The molecule has 1 aromatic carbocycles. The normalized spacial score (nSPS) is 29.0. The Labute approximate surface area is 254 Å². The lowest BCUT2D eigenvalue weighted by atomic mass is 9.65. The summed E-state index contributed by atoms with van der Waals surface area (Å²) in [7, 11) is 0. The number of benzene rings is 1. The Hall–Kier alpha value is -2.29. The van der Waals surface area contributed by atoms with Crippen molar-refractivity contribution in [3.8, 4) is 0 Å². The number of carbonyl (C=O) groups excluding carboxylic acids is 3. The molecular formula is C32H44ClN3O4S. The third kappa shape index (κ3) is 5.36. The molecule has 2 bridgehead atoms. The standard InChI is InChI=1S/C32H44ClN3O4S/c1-7-14-34(15-8-2)29(38)26-25-18-21(6)32(41-25)27(26)30(39)36(22(19-37)17-20(4)5)28(32)31(40)35(16-9-3)24-13-11-10-12-23(24)33/h7,9-13,20-22,25-28,37H,1,3,8,14-19H2,2,4-6H3/t21?,22-,25+,26-,27+,28?,32?/m1/s1. The number of carbonyl (C=O) groups is 3. The molecule has 41 heavy (non-hydrogen) atoms. The van der Waals surface area contributed by atoms with Crippen molar-refractivity contribution in [3.05, 3.63) is 54.6 Å². The van der Waals surface area contributed by atoms with Crippen LogP contribution in [0.5, 0.6) is 0 Å². The van der Waals surface area contributed by atoms with Crippen molar-refractivity contribution in [1.29, 1.82) is 0 Å². The van der Waals surface area contributed by atoms with Gasteiger partial charge in [0.15, 0.2) is 0 Å². The van der Waals surface area contributed by atoms with E-state index < -0.39 is 28.7 Å². The smallest absolute Gasteiger partial charge is 0.251 e. The molecule has 3 aliphatic heterocycles. The van der Waals surface area contributed by atoms with Gasteiger partial charge in [-0.3, -0.25) is 14.4 Å². The molecule has 3 heterocycles. The van der Waals surface area contributed by atoms with Crippen molar-refractivity contribution in [2.45, 2.75) is 69.0 Å². The summed E-state index contributed by atoms with van der Waals surface area (Å²) in [5.41, 5.74) is 0.550. The first kappa shape index (κ1) is 31.6. The number of anilines is 1. The van der Waals surface area contributed by atoms with Crippen molar-refractivity contribution in [2.75, 3.05) is 31.1 Å². The molecular weight excluding hydrogens is 558 g/mol. The highest BCUT2D eigenvalue weighted by atomic mass is 35.5. The first-order valence-electron chi connectivity index (χ1n) is 14.8. The number of thioether (sulfide) groups is 1. The molecule has 0 saturated carbocycles. The summed E-state index contributed by atoms with van der Waals surface area (Å²) in [5, 5.41) is 11.0. The third-order valence-corrected chi connectivity index (χ3v) is 11.3. The number of hydrogen-bond acceptors (Lipinski definition) is 5. The summed E-state index contributed by atoms with van der Waals surface area (Å²) in [6, 6.07) is 5.77. The number of likely N-dealkylation sites (tertiary alicyclic amines) is 1. The van der Waals surface area contributed by atoms with Crippen LogP contribution in [-0.2, 0) is 14.4 Å². The molecule has 7 atom stereocenters. The molecule has 3 fully saturated rings. The monoisotopic (exact) mass is 601 g/mol. The summed E-state index contributed by atoms with van der Waals surface area (Å²) in [6.45, 7) is 16.9. The minimum Gasteiger partial charge on any atom is -0.394 e. The topological polar surface area (TPSA) is 81.2 Å². The Morgan fingerprint density at radius 2 is 1.90 bits per heavy atom. The summed E-state index contributed by atoms with van der Waals surface area (Å²) in [5.74, 6) is -1.46. The number of aliphatic hydroxyl groups excluding tert-OH is 1. The van der Waals surface area contributed by atoms with E-state index in [0.29, 0.717) is 30.2 Å². The van der Waals surface area contributed by atoms with Gasteiger partial charge in [-0.05, 0) is 43.2 Å². The van der Waals surface area contributed by atoms with Gasteiger partial charge in [-0.25, -0.2) is 0 Å². The van der Waals surface area contributed by atoms with E-state index >= 15 is 0 Å². The molecule has 0 aromatic heterocycles. The predicted octanol–water partition coefficient (Wildman–Crippen LogP) is 5.03. The van der Waals surface area contributed by atoms with Crippen LogP contribution in [0, 0.1) is 23.7 Å². The minimum atomic E-state index is -0.853. The Balaban J connectivity index is 1.87. The van der Waals surface area contributed by atoms with Gasteiger partial charge < -0.3 is 19.8 Å². The Morgan fingerprint density at radius 3 is 2.49 bits per heavy atom. The second-order valence-electron chi connectivity index (χ2n) is 12.0. The van der Waals surface area contributed by atoms with Crippen LogP contribution in [-0.4, -0.2) is 80.9 Å². The number of fused-ring (bicyclic) bond motifs is 1. The van der Waals surface area contributed by atoms with Crippen LogP contribution >= 0.6 is 23.4 Å². The minimum absolute atomic E-state index is 0.0173. The lowest BCUT2D eigenvalue weighted by molar-refractivity contribution is -0.145. The maximum atomic E-state index is 14.9. The highest BCUT2D eigenvalue weighted by molar-refractivity contribution is 8.02. The van der Waals surface area contributed by atoms with Crippen LogP contribution in [0.2, 0.25) is 5.02 Å². The second kappa shape index (κ2) is 12.9. The van der Waals surface area contributed by atoms with E-state index in [1.54, 1.807) is 50.7 Å². The zero-order valence-electron chi connectivity index (χ0n) is 24.7. The molecule has 4 rings (SSSR count). The fraction of sp³-hybridized carbons (Fsp3) is 0.594. The largest absolute Gasteiger partial charge is 0.394 e. The maximum absolute atomic E-state index is 14.9. The highest BCUT2D eigenvalue weighted by Crippen LogP contribution is 2.69. The van der Waals surface area contributed by atoms with Crippen molar-refractivity contribution >= 4 is 46.8 Å². The molecule has 0 radical (unpaired) electrons. The Bertz CT molecular complexity index is 1180. The number of nitrogens with zero attached hydrogens (tertiary/aromatic N) is 3. The first-order valence-corrected chi connectivity index (χ1v) is 16.0. The van der Waals surface area contributed by atoms with Crippen molar-refractivity contribution in [3.63, 3.8) is 0 Å². The van der Waals surface area contributed by atoms with Crippen molar-refractivity contribution in [1.82, 2.24) is 9.80 Å². The van der Waals surface area contributed by atoms with Gasteiger partial charge in [-0.2, -0.15) is 0 Å². The first-order chi connectivity index (χ1) is 19.6. The van der Waals surface area contributed by atoms with E-state index in [0.717, 1.165) is 12.8 Å². The molecule has 224 valence electrons. The molecule has 0 aliphatic carbocycles.